The number of nitrogens with zero attached hydrogens (tertiary/aromatic N) is 2. The van der Waals surface area contributed by atoms with Crippen molar-refractivity contribution in [3.8, 4) is 0 Å². The average molecular weight is 551 g/mol. The molecule has 1 aliphatic heterocycles. The SMILES string of the molecule is C=CCC1(C)CC(c2cncc(Cl)c2)C(c2ccc(Cl)cc2)N(C(CC)CNS(=O)(=O)C2CC2)C1=O. The monoisotopic (exact) mass is 549 g/mol. The van der Waals surface area contributed by atoms with Gasteiger partial charge in [-0.1, -0.05) is 55.3 Å². The van der Waals surface area contributed by atoms with Gasteiger partial charge < -0.3 is 4.90 Å². The molecule has 6 nitrogen and oxygen atoms in total. The number of hydrogen-bond donors (Lipinski definition) is 1. The summed E-state index contributed by atoms with van der Waals surface area (Å²) in [5.41, 5.74) is 1.16. The van der Waals surface area contributed by atoms with E-state index in [2.05, 4.69) is 16.3 Å². The van der Waals surface area contributed by atoms with E-state index in [9.17, 15) is 13.2 Å². The minimum atomic E-state index is -3.40. The topological polar surface area (TPSA) is 79.4 Å². The number of likely N-dealkylation sites (tertiary alicyclic amines) is 1. The van der Waals surface area contributed by atoms with Gasteiger partial charge in [0.05, 0.1) is 21.7 Å². The summed E-state index contributed by atoms with van der Waals surface area (Å²) < 4.78 is 28.1. The van der Waals surface area contributed by atoms with Gasteiger partial charge in [0.15, 0.2) is 0 Å². The second-order valence-electron chi connectivity index (χ2n) is 10.2. The highest BCUT2D eigenvalue weighted by molar-refractivity contribution is 7.90. The Morgan fingerprint density at radius 3 is 2.47 bits per heavy atom. The smallest absolute Gasteiger partial charge is 0.229 e. The molecule has 0 spiro atoms. The summed E-state index contributed by atoms with van der Waals surface area (Å²) in [4.78, 5) is 20.5. The van der Waals surface area contributed by atoms with Crippen molar-refractivity contribution in [2.45, 2.75) is 69.2 Å². The lowest BCUT2D eigenvalue weighted by molar-refractivity contribution is -0.154. The average Bonchev–Trinajstić information content (AvgIpc) is 3.69. The molecule has 0 radical (unpaired) electrons. The van der Waals surface area contributed by atoms with Crippen LogP contribution in [0.15, 0.2) is 55.4 Å². The van der Waals surface area contributed by atoms with Crippen LogP contribution in [0, 0.1) is 5.41 Å². The Bertz CT molecular complexity index is 1220. The molecule has 1 saturated heterocycles. The Kier molecular flexibility index (Phi) is 8.15. The third-order valence-corrected chi connectivity index (χ3v) is 9.79. The molecule has 2 aliphatic rings. The second kappa shape index (κ2) is 10.8. The first kappa shape index (κ1) is 27.1. The second-order valence-corrected chi connectivity index (χ2v) is 13.1. The molecule has 9 heteroatoms. The number of allylic oxidation sites excluding steroid dienone is 1. The number of carbonyl (C=O) groups is 1. The number of rotatable bonds is 10. The van der Waals surface area contributed by atoms with Gasteiger partial charge in [-0.25, -0.2) is 13.1 Å². The number of pyridine rings is 1. The first-order valence-corrected chi connectivity index (χ1v) is 14.7. The fourth-order valence-corrected chi connectivity index (χ4v) is 7.06. The van der Waals surface area contributed by atoms with Crippen LogP contribution in [-0.4, -0.2) is 42.0 Å². The lowest BCUT2D eigenvalue weighted by Crippen LogP contribution is -2.57. The number of nitrogens with one attached hydrogen (secondary N) is 1. The zero-order valence-electron chi connectivity index (χ0n) is 20.7. The fourth-order valence-electron chi connectivity index (χ4n) is 5.33. The van der Waals surface area contributed by atoms with E-state index in [1.807, 2.05) is 49.1 Å². The summed E-state index contributed by atoms with van der Waals surface area (Å²) in [6.07, 6.45) is 8.22. The van der Waals surface area contributed by atoms with Crippen molar-refractivity contribution in [1.29, 1.82) is 0 Å². The van der Waals surface area contributed by atoms with Crippen molar-refractivity contribution in [3.63, 3.8) is 0 Å². The van der Waals surface area contributed by atoms with Gasteiger partial charge in [0.1, 0.15) is 0 Å². The Hall–Kier alpha value is -1.93. The molecule has 4 atom stereocenters. The van der Waals surface area contributed by atoms with Crippen molar-refractivity contribution in [2.75, 3.05) is 6.54 Å². The summed E-state index contributed by atoms with van der Waals surface area (Å²) in [6.45, 7) is 8.02. The van der Waals surface area contributed by atoms with Crippen molar-refractivity contribution in [1.82, 2.24) is 14.6 Å². The van der Waals surface area contributed by atoms with Crippen LogP contribution in [0.25, 0.3) is 0 Å². The van der Waals surface area contributed by atoms with Gasteiger partial charge in [-0.2, -0.15) is 0 Å². The molecule has 0 bridgehead atoms. The quantitative estimate of drug-likeness (QED) is 0.375. The highest BCUT2D eigenvalue weighted by atomic mass is 35.5. The van der Waals surface area contributed by atoms with Gasteiger partial charge in [0.25, 0.3) is 0 Å². The minimum absolute atomic E-state index is 0.00828. The highest BCUT2D eigenvalue weighted by Crippen LogP contribution is 2.52. The summed E-state index contributed by atoms with van der Waals surface area (Å²) in [7, 11) is -3.40. The highest BCUT2D eigenvalue weighted by Gasteiger charge is 2.51. The predicted molar refractivity (Wildman–Crippen MR) is 145 cm³/mol. The Labute approximate surface area is 224 Å². The van der Waals surface area contributed by atoms with E-state index in [-0.39, 0.29) is 35.7 Å². The van der Waals surface area contributed by atoms with Crippen molar-refractivity contribution in [3.05, 3.63) is 76.6 Å². The molecular weight excluding hydrogens is 517 g/mol. The molecule has 2 heterocycles. The fraction of sp³-hybridized carbons (Fsp3) is 0.481. The van der Waals surface area contributed by atoms with E-state index in [4.69, 9.17) is 23.2 Å². The van der Waals surface area contributed by atoms with Crippen LogP contribution in [0.4, 0.5) is 0 Å². The Morgan fingerprint density at radius 1 is 1.19 bits per heavy atom. The molecule has 36 heavy (non-hydrogen) atoms. The summed E-state index contributed by atoms with van der Waals surface area (Å²) in [5.74, 6) is -0.125. The molecule has 4 rings (SSSR count). The number of sulfonamides is 1. The Balaban J connectivity index is 1.82. The van der Waals surface area contributed by atoms with Crippen LogP contribution >= 0.6 is 23.2 Å². The normalized spacial score (nSPS) is 25.6. The molecule has 2 fully saturated rings. The third-order valence-electron chi connectivity index (χ3n) is 7.41. The molecule has 1 aromatic carbocycles. The number of halogens is 2. The number of carbonyl (C=O) groups excluding carboxylic acids is 1. The van der Waals surface area contributed by atoms with Crippen molar-refractivity contribution < 1.29 is 13.2 Å². The molecule has 1 saturated carbocycles. The molecule has 1 amide bonds. The van der Waals surface area contributed by atoms with Crippen molar-refractivity contribution >= 4 is 39.1 Å². The number of benzene rings is 1. The zero-order valence-corrected chi connectivity index (χ0v) is 23.0. The van der Waals surface area contributed by atoms with Gasteiger partial charge in [0.2, 0.25) is 15.9 Å². The predicted octanol–water partition coefficient (Wildman–Crippen LogP) is 5.89. The van der Waals surface area contributed by atoms with Gasteiger partial charge >= 0.3 is 0 Å². The lowest BCUT2D eigenvalue weighted by atomic mass is 9.67. The maximum atomic E-state index is 14.2. The first-order chi connectivity index (χ1) is 17.1. The van der Waals surface area contributed by atoms with E-state index in [1.165, 1.54) is 0 Å². The van der Waals surface area contributed by atoms with Crippen LogP contribution in [0.1, 0.15) is 69.0 Å². The molecular formula is C27H33Cl2N3O3S. The molecule has 1 N–H and O–H groups in total. The Morgan fingerprint density at radius 2 is 1.89 bits per heavy atom. The van der Waals surface area contributed by atoms with Gasteiger partial charge in [-0.3, -0.25) is 9.78 Å². The van der Waals surface area contributed by atoms with Crippen molar-refractivity contribution in [2.24, 2.45) is 5.41 Å². The number of hydrogen-bond acceptors (Lipinski definition) is 4. The summed E-state index contributed by atoms with van der Waals surface area (Å²) >= 11 is 12.6. The largest absolute Gasteiger partial charge is 0.330 e. The number of aromatic nitrogens is 1. The van der Waals surface area contributed by atoms with Crippen LogP contribution in [-0.2, 0) is 14.8 Å². The van der Waals surface area contributed by atoms with Crippen LogP contribution in [0.2, 0.25) is 10.0 Å². The maximum Gasteiger partial charge on any atom is 0.229 e. The third kappa shape index (κ3) is 5.64. The zero-order chi connectivity index (χ0) is 26.1. The molecule has 1 aromatic heterocycles. The standard InChI is InChI=1S/C27H33Cl2N3O3S/c1-4-12-27(3)14-24(19-13-21(29)16-30-15-19)25(18-6-8-20(28)9-7-18)32(26(27)33)22(5-2)17-31-36(34,35)23-10-11-23/h4,6-9,13,15-16,22-25,31H,1,5,10-12,14,17H2,2-3H3. The van der Waals surface area contributed by atoms with E-state index in [0.29, 0.717) is 42.1 Å². The maximum absolute atomic E-state index is 14.2. The van der Waals surface area contributed by atoms with E-state index >= 15 is 0 Å². The van der Waals surface area contributed by atoms with Crippen LogP contribution in [0.5, 0.6) is 0 Å². The number of amides is 1. The molecule has 194 valence electrons. The lowest BCUT2D eigenvalue weighted by Gasteiger charge is -2.52. The summed E-state index contributed by atoms with van der Waals surface area (Å²) in [5, 5.41) is 0.810. The molecule has 4 unspecified atom stereocenters. The van der Waals surface area contributed by atoms with Crippen LogP contribution < -0.4 is 4.72 Å². The first-order valence-electron chi connectivity index (χ1n) is 12.4. The van der Waals surface area contributed by atoms with Gasteiger partial charge in [0, 0.05) is 35.9 Å². The van der Waals surface area contributed by atoms with E-state index in [1.54, 1.807) is 18.5 Å². The van der Waals surface area contributed by atoms with Crippen LogP contribution in [0.3, 0.4) is 0 Å². The summed E-state index contributed by atoms with van der Waals surface area (Å²) in [6, 6.07) is 8.74. The number of piperidine rings is 1. The molecule has 2 aromatic rings. The van der Waals surface area contributed by atoms with Gasteiger partial charge in [-0.05, 0) is 61.4 Å². The van der Waals surface area contributed by atoms with E-state index in [0.717, 1.165) is 11.1 Å². The van der Waals surface area contributed by atoms with Gasteiger partial charge in [-0.15, -0.1) is 6.58 Å². The van der Waals surface area contributed by atoms with E-state index < -0.39 is 15.4 Å². The minimum Gasteiger partial charge on any atom is -0.330 e. The molecule has 1 aliphatic carbocycles.